The first kappa shape index (κ1) is 14.0. The number of hydrogen-bond donors (Lipinski definition) is 1. The van der Waals surface area contributed by atoms with Gasteiger partial charge in [0.2, 0.25) is 0 Å². The molecule has 3 heteroatoms. The molecule has 0 amide bonds. The van der Waals surface area contributed by atoms with Gasteiger partial charge in [-0.15, -0.1) is 0 Å². The van der Waals surface area contributed by atoms with Crippen LogP contribution in [0.1, 0.15) is 11.1 Å². The highest BCUT2D eigenvalue weighted by Gasteiger charge is 2.17. The molecule has 0 spiro atoms. The lowest BCUT2D eigenvalue weighted by molar-refractivity contribution is 0.249. The smallest absolute Gasteiger partial charge is 0.115 e. The second-order valence-electron chi connectivity index (χ2n) is 5.71. The molecular formula is C18H22N2O. The van der Waals surface area contributed by atoms with Gasteiger partial charge in [-0.25, -0.2) is 0 Å². The molecule has 0 aliphatic carbocycles. The minimum atomic E-state index is 0.330. The second kappa shape index (κ2) is 6.19. The van der Waals surface area contributed by atoms with Crippen LogP contribution >= 0.6 is 0 Å². The molecule has 0 atom stereocenters. The average Bonchev–Trinajstić information content (AvgIpc) is 2.51. The van der Waals surface area contributed by atoms with Gasteiger partial charge in [-0.2, -0.15) is 0 Å². The molecule has 0 aromatic heterocycles. The van der Waals surface area contributed by atoms with Crippen LogP contribution in [0.15, 0.2) is 48.5 Å². The molecule has 0 bridgehead atoms. The second-order valence-corrected chi connectivity index (χ2v) is 5.71. The van der Waals surface area contributed by atoms with Gasteiger partial charge in [0.05, 0.1) is 0 Å². The van der Waals surface area contributed by atoms with Crippen LogP contribution in [0.2, 0.25) is 0 Å². The third-order valence-electron chi connectivity index (χ3n) is 4.24. The summed E-state index contributed by atoms with van der Waals surface area (Å²) in [4.78, 5) is 4.90. The summed E-state index contributed by atoms with van der Waals surface area (Å²) in [7, 11) is 0. The van der Waals surface area contributed by atoms with Gasteiger partial charge in [0.25, 0.3) is 0 Å². The van der Waals surface area contributed by atoms with E-state index in [1.54, 1.807) is 12.1 Å². The molecule has 1 aliphatic rings. The van der Waals surface area contributed by atoms with Crippen LogP contribution in [0.3, 0.4) is 0 Å². The minimum Gasteiger partial charge on any atom is -0.508 e. The summed E-state index contributed by atoms with van der Waals surface area (Å²) < 4.78 is 0. The Morgan fingerprint density at radius 1 is 0.905 bits per heavy atom. The van der Waals surface area contributed by atoms with Crippen LogP contribution in [-0.2, 0) is 6.54 Å². The van der Waals surface area contributed by atoms with Crippen molar-refractivity contribution in [2.24, 2.45) is 0 Å². The van der Waals surface area contributed by atoms with Crippen molar-refractivity contribution in [3.8, 4) is 5.75 Å². The van der Waals surface area contributed by atoms with E-state index in [1.165, 1.54) is 16.8 Å². The van der Waals surface area contributed by atoms with Crippen molar-refractivity contribution >= 4 is 5.69 Å². The van der Waals surface area contributed by atoms with E-state index in [1.807, 2.05) is 12.1 Å². The molecule has 3 rings (SSSR count). The summed E-state index contributed by atoms with van der Waals surface area (Å²) >= 11 is 0. The maximum absolute atomic E-state index is 9.36. The predicted octanol–water partition coefficient (Wildman–Crippen LogP) is 3.02. The number of aryl methyl sites for hydroxylation is 1. The molecule has 1 fully saturated rings. The van der Waals surface area contributed by atoms with E-state index in [4.69, 9.17) is 0 Å². The van der Waals surface area contributed by atoms with E-state index in [-0.39, 0.29) is 0 Å². The number of benzene rings is 2. The number of rotatable bonds is 3. The number of phenols is 1. The number of nitrogens with zero attached hydrogens (tertiary/aromatic N) is 2. The number of anilines is 1. The molecule has 1 heterocycles. The van der Waals surface area contributed by atoms with Crippen molar-refractivity contribution in [1.29, 1.82) is 0 Å². The van der Waals surface area contributed by atoms with E-state index in [0.29, 0.717) is 5.75 Å². The van der Waals surface area contributed by atoms with Gasteiger partial charge in [0, 0.05) is 38.4 Å². The van der Waals surface area contributed by atoms with E-state index in [2.05, 4.69) is 41.0 Å². The Bertz CT molecular complexity index is 586. The Morgan fingerprint density at radius 2 is 1.57 bits per heavy atom. The molecule has 0 radical (unpaired) electrons. The number of phenolic OH excluding ortho intramolecular Hbond substituents is 1. The molecule has 1 aliphatic heterocycles. The number of aromatic hydroxyl groups is 1. The lowest BCUT2D eigenvalue weighted by Crippen LogP contribution is -2.46. The summed E-state index contributed by atoms with van der Waals surface area (Å²) in [5, 5.41) is 9.36. The molecule has 2 aromatic rings. The zero-order valence-corrected chi connectivity index (χ0v) is 12.5. The summed E-state index contributed by atoms with van der Waals surface area (Å²) in [6.45, 7) is 7.45. The molecule has 3 nitrogen and oxygen atoms in total. The van der Waals surface area contributed by atoms with Crippen LogP contribution in [0.4, 0.5) is 5.69 Å². The quantitative estimate of drug-likeness (QED) is 0.937. The van der Waals surface area contributed by atoms with Gasteiger partial charge in [-0.3, -0.25) is 4.90 Å². The highest BCUT2D eigenvalue weighted by molar-refractivity contribution is 5.49. The molecule has 110 valence electrons. The summed E-state index contributed by atoms with van der Waals surface area (Å²) in [6, 6.07) is 16.1. The van der Waals surface area contributed by atoms with Crippen molar-refractivity contribution in [2.75, 3.05) is 31.1 Å². The van der Waals surface area contributed by atoms with Crippen molar-refractivity contribution < 1.29 is 5.11 Å². The highest BCUT2D eigenvalue weighted by atomic mass is 16.3. The molecule has 0 saturated carbocycles. The largest absolute Gasteiger partial charge is 0.508 e. The van der Waals surface area contributed by atoms with Gasteiger partial charge in [0.15, 0.2) is 0 Å². The van der Waals surface area contributed by atoms with Crippen LogP contribution in [-0.4, -0.2) is 36.2 Å². The zero-order chi connectivity index (χ0) is 14.7. The molecule has 1 saturated heterocycles. The summed E-state index contributed by atoms with van der Waals surface area (Å²) in [5.74, 6) is 0.330. The van der Waals surface area contributed by atoms with Crippen molar-refractivity contribution in [3.05, 3.63) is 59.7 Å². The topological polar surface area (TPSA) is 26.7 Å². The Kier molecular flexibility index (Phi) is 4.11. The van der Waals surface area contributed by atoms with Crippen LogP contribution in [0.5, 0.6) is 5.75 Å². The van der Waals surface area contributed by atoms with E-state index >= 15 is 0 Å². The molecule has 21 heavy (non-hydrogen) atoms. The first-order valence-electron chi connectivity index (χ1n) is 7.53. The van der Waals surface area contributed by atoms with Crippen LogP contribution < -0.4 is 4.90 Å². The van der Waals surface area contributed by atoms with E-state index < -0.39 is 0 Å². The summed E-state index contributed by atoms with van der Waals surface area (Å²) in [5.41, 5.74) is 4.00. The van der Waals surface area contributed by atoms with E-state index in [9.17, 15) is 5.11 Å². The molecule has 1 N–H and O–H groups in total. The van der Waals surface area contributed by atoms with Crippen molar-refractivity contribution in [1.82, 2.24) is 4.90 Å². The Labute approximate surface area is 126 Å². The Morgan fingerprint density at radius 3 is 2.24 bits per heavy atom. The fraction of sp³-hybridized carbons (Fsp3) is 0.333. The first-order valence-corrected chi connectivity index (χ1v) is 7.53. The predicted molar refractivity (Wildman–Crippen MR) is 86.8 cm³/mol. The third-order valence-corrected chi connectivity index (χ3v) is 4.24. The Hall–Kier alpha value is -2.00. The number of hydrogen-bond acceptors (Lipinski definition) is 3. The monoisotopic (exact) mass is 282 g/mol. The van der Waals surface area contributed by atoms with Gasteiger partial charge < -0.3 is 10.0 Å². The molecule has 2 aromatic carbocycles. The zero-order valence-electron chi connectivity index (χ0n) is 12.5. The summed E-state index contributed by atoms with van der Waals surface area (Å²) in [6.07, 6.45) is 0. The highest BCUT2D eigenvalue weighted by Crippen LogP contribution is 2.20. The lowest BCUT2D eigenvalue weighted by Gasteiger charge is -2.36. The fourth-order valence-electron chi connectivity index (χ4n) is 2.86. The van der Waals surface area contributed by atoms with Gasteiger partial charge >= 0.3 is 0 Å². The van der Waals surface area contributed by atoms with Crippen LogP contribution in [0.25, 0.3) is 0 Å². The van der Waals surface area contributed by atoms with Gasteiger partial charge in [-0.1, -0.05) is 24.3 Å². The fourth-order valence-corrected chi connectivity index (χ4v) is 2.86. The average molecular weight is 282 g/mol. The maximum atomic E-state index is 9.36. The van der Waals surface area contributed by atoms with Crippen molar-refractivity contribution in [2.45, 2.75) is 13.5 Å². The van der Waals surface area contributed by atoms with Crippen LogP contribution in [0, 0.1) is 6.92 Å². The standard InChI is InChI=1S/C18H22N2O/c1-15-4-2-3-5-16(15)14-19-10-12-20(13-11-19)17-6-8-18(21)9-7-17/h2-9,21H,10-14H2,1H3. The molecule has 0 unspecified atom stereocenters. The maximum Gasteiger partial charge on any atom is 0.115 e. The van der Waals surface area contributed by atoms with Crippen molar-refractivity contribution in [3.63, 3.8) is 0 Å². The SMILES string of the molecule is Cc1ccccc1CN1CCN(c2ccc(O)cc2)CC1. The Balaban J connectivity index is 1.58. The lowest BCUT2D eigenvalue weighted by atomic mass is 10.1. The first-order chi connectivity index (χ1) is 10.2. The normalized spacial score (nSPS) is 16.1. The molecular weight excluding hydrogens is 260 g/mol. The third kappa shape index (κ3) is 3.37. The number of piperazine rings is 1. The minimum absolute atomic E-state index is 0.330. The van der Waals surface area contributed by atoms with Gasteiger partial charge in [-0.05, 0) is 42.3 Å². The van der Waals surface area contributed by atoms with E-state index in [0.717, 1.165) is 32.7 Å². The van der Waals surface area contributed by atoms with Gasteiger partial charge in [0.1, 0.15) is 5.75 Å².